The summed E-state index contributed by atoms with van der Waals surface area (Å²) in [5.74, 6) is 0. The molecule has 0 heterocycles. The summed E-state index contributed by atoms with van der Waals surface area (Å²) in [6.45, 7) is 11.1. The van der Waals surface area contributed by atoms with Gasteiger partial charge in [0.05, 0.1) is 10.0 Å². The van der Waals surface area contributed by atoms with Gasteiger partial charge in [-0.1, -0.05) is 57.0 Å². The molecular formula is C15H23Cl2N. The zero-order valence-corrected chi connectivity index (χ0v) is 13.4. The molecule has 0 radical (unpaired) electrons. The standard InChI is InChI=1S/C15H23Cl2N/c1-6-14(18-10(2)15(3,4)5)11-7-8-12(16)13(17)9-11/h7-10,14,18H,6H2,1-5H3. The molecule has 0 aliphatic carbocycles. The van der Waals surface area contributed by atoms with Gasteiger partial charge in [-0.25, -0.2) is 0 Å². The van der Waals surface area contributed by atoms with E-state index in [1.165, 1.54) is 5.56 Å². The highest BCUT2D eigenvalue weighted by atomic mass is 35.5. The van der Waals surface area contributed by atoms with Crippen molar-refractivity contribution < 1.29 is 0 Å². The molecule has 1 N–H and O–H groups in total. The predicted molar refractivity (Wildman–Crippen MR) is 81.5 cm³/mol. The molecule has 1 nitrogen and oxygen atoms in total. The molecule has 2 atom stereocenters. The van der Waals surface area contributed by atoms with Gasteiger partial charge in [0.25, 0.3) is 0 Å². The predicted octanol–water partition coefficient (Wildman–Crippen LogP) is 5.47. The summed E-state index contributed by atoms with van der Waals surface area (Å²) in [5, 5.41) is 4.90. The van der Waals surface area contributed by atoms with Gasteiger partial charge < -0.3 is 5.32 Å². The van der Waals surface area contributed by atoms with Crippen LogP contribution < -0.4 is 5.32 Å². The third-order valence-corrected chi connectivity index (χ3v) is 4.24. The van der Waals surface area contributed by atoms with E-state index in [0.29, 0.717) is 22.1 Å². The Balaban J connectivity index is 2.86. The lowest BCUT2D eigenvalue weighted by Gasteiger charge is -2.32. The molecule has 0 aliphatic heterocycles. The van der Waals surface area contributed by atoms with Crippen molar-refractivity contribution in [3.8, 4) is 0 Å². The van der Waals surface area contributed by atoms with Crippen LogP contribution in [0.3, 0.4) is 0 Å². The van der Waals surface area contributed by atoms with E-state index in [1.54, 1.807) is 0 Å². The number of halogens is 2. The van der Waals surface area contributed by atoms with Crippen molar-refractivity contribution in [2.75, 3.05) is 0 Å². The molecule has 0 saturated heterocycles. The van der Waals surface area contributed by atoms with E-state index in [0.717, 1.165) is 6.42 Å². The van der Waals surface area contributed by atoms with E-state index in [1.807, 2.05) is 18.2 Å². The van der Waals surface area contributed by atoms with Crippen LogP contribution >= 0.6 is 23.2 Å². The van der Waals surface area contributed by atoms with E-state index in [9.17, 15) is 0 Å². The lowest BCUT2D eigenvalue weighted by atomic mass is 9.87. The number of hydrogen-bond acceptors (Lipinski definition) is 1. The van der Waals surface area contributed by atoms with Crippen LogP contribution in [0.5, 0.6) is 0 Å². The minimum Gasteiger partial charge on any atom is -0.307 e. The van der Waals surface area contributed by atoms with Crippen LogP contribution in [-0.2, 0) is 0 Å². The Morgan fingerprint density at radius 1 is 1.17 bits per heavy atom. The van der Waals surface area contributed by atoms with Gasteiger partial charge in [0.1, 0.15) is 0 Å². The first-order valence-electron chi connectivity index (χ1n) is 6.46. The summed E-state index contributed by atoms with van der Waals surface area (Å²) in [5.41, 5.74) is 1.44. The molecule has 0 spiro atoms. The van der Waals surface area contributed by atoms with Gasteiger partial charge in [-0.15, -0.1) is 0 Å². The Hall–Kier alpha value is -0.240. The maximum atomic E-state index is 6.08. The van der Waals surface area contributed by atoms with Gasteiger partial charge in [0.15, 0.2) is 0 Å². The minimum atomic E-state index is 0.240. The van der Waals surface area contributed by atoms with Crippen molar-refractivity contribution in [3.05, 3.63) is 33.8 Å². The van der Waals surface area contributed by atoms with Crippen LogP contribution in [0.15, 0.2) is 18.2 Å². The molecular weight excluding hydrogens is 265 g/mol. The Morgan fingerprint density at radius 3 is 2.22 bits per heavy atom. The average molecular weight is 288 g/mol. The lowest BCUT2D eigenvalue weighted by Crippen LogP contribution is -2.39. The number of hydrogen-bond donors (Lipinski definition) is 1. The monoisotopic (exact) mass is 287 g/mol. The Morgan fingerprint density at radius 2 is 1.78 bits per heavy atom. The van der Waals surface area contributed by atoms with Gasteiger partial charge in [-0.3, -0.25) is 0 Å². The number of benzene rings is 1. The van der Waals surface area contributed by atoms with Gasteiger partial charge in [-0.2, -0.15) is 0 Å². The number of nitrogens with one attached hydrogen (secondary N) is 1. The quantitative estimate of drug-likeness (QED) is 0.774. The fourth-order valence-electron chi connectivity index (χ4n) is 1.73. The van der Waals surface area contributed by atoms with Crippen molar-refractivity contribution in [3.63, 3.8) is 0 Å². The molecule has 102 valence electrons. The van der Waals surface area contributed by atoms with Crippen LogP contribution in [0.25, 0.3) is 0 Å². The SMILES string of the molecule is CCC(NC(C)C(C)(C)C)c1ccc(Cl)c(Cl)c1. The second-order valence-corrected chi connectivity index (χ2v) is 6.70. The maximum absolute atomic E-state index is 6.08. The molecule has 0 fully saturated rings. The van der Waals surface area contributed by atoms with E-state index in [4.69, 9.17) is 23.2 Å². The Labute approximate surface area is 121 Å². The van der Waals surface area contributed by atoms with Crippen molar-refractivity contribution in [1.82, 2.24) is 5.32 Å². The van der Waals surface area contributed by atoms with Gasteiger partial charge in [-0.05, 0) is 36.5 Å². The molecule has 1 rings (SSSR count). The fourth-order valence-corrected chi connectivity index (χ4v) is 2.04. The molecule has 1 aromatic rings. The van der Waals surface area contributed by atoms with Crippen LogP contribution in [-0.4, -0.2) is 6.04 Å². The maximum Gasteiger partial charge on any atom is 0.0595 e. The summed E-state index contributed by atoms with van der Waals surface area (Å²) in [6, 6.07) is 6.61. The van der Waals surface area contributed by atoms with Crippen molar-refractivity contribution in [2.24, 2.45) is 5.41 Å². The summed E-state index contributed by atoms with van der Waals surface area (Å²) in [6.07, 6.45) is 1.03. The third kappa shape index (κ3) is 4.15. The van der Waals surface area contributed by atoms with Crippen molar-refractivity contribution in [2.45, 2.75) is 53.1 Å². The normalized spacial score (nSPS) is 15.5. The third-order valence-electron chi connectivity index (χ3n) is 3.50. The van der Waals surface area contributed by atoms with E-state index in [2.05, 4.69) is 39.9 Å². The molecule has 18 heavy (non-hydrogen) atoms. The summed E-state index contributed by atoms with van der Waals surface area (Å²) >= 11 is 12.0. The fraction of sp³-hybridized carbons (Fsp3) is 0.600. The summed E-state index contributed by atoms with van der Waals surface area (Å²) in [4.78, 5) is 0. The van der Waals surface area contributed by atoms with E-state index < -0.39 is 0 Å². The molecule has 1 aromatic carbocycles. The molecule has 0 amide bonds. The first-order chi connectivity index (χ1) is 8.25. The molecule has 2 unspecified atom stereocenters. The van der Waals surface area contributed by atoms with Gasteiger partial charge in [0.2, 0.25) is 0 Å². The van der Waals surface area contributed by atoms with Crippen LogP contribution in [0.2, 0.25) is 10.0 Å². The van der Waals surface area contributed by atoms with Crippen LogP contribution in [0, 0.1) is 5.41 Å². The highest BCUT2D eigenvalue weighted by Gasteiger charge is 2.23. The van der Waals surface area contributed by atoms with Crippen LogP contribution in [0.4, 0.5) is 0 Å². The molecule has 0 bridgehead atoms. The molecule has 0 saturated carbocycles. The van der Waals surface area contributed by atoms with E-state index >= 15 is 0 Å². The molecule has 3 heteroatoms. The van der Waals surface area contributed by atoms with Crippen LogP contribution in [0.1, 0.15) is 52.6 Å². The highest BCUT2D eigenvalue weighted by molar-refractivity contribution is 6.42. The first-order valence-corrected chi connectivity index (χ1v) is 7.22. The van der Waals surface area contributed by atoms with Crippen molar-refractivity contribution in [1.29, 1.82) is 0 Å². The lowest BCUT2D eigenvalue weighted by molar-refractivity contribution is 0.260. The smallest absolute Gasteiger partial charge is 0.0595 e. The summed E-state index contributed by atoms with van der Waals surface area (Å²) < 4.78 is 0. The highest BCUT2D eigenvalue weighted by Crippen LogP contribution is 2.29. The molecule has 0 aromatic heterocycles. The van der Waals surface area contributed by atoms with Gasteiger partial charge >= 0.3 is 0 Å². The Kier molecular flexibility index (Phi) is 5.51. The topological polar surface area (TPSA) is 12.0 Å². The average Bonchev–Trinajstić information content (AvgIpc) is 2.28. The Bertz CT molecular complexity index is 396. The van der Waals surface area contributed by atoms with Crippen molar-refractivity contribution >= 4 is 23.2 Å². The van der Waals surface area contributed by atoms with E-state index in [-0.39, 0.29) is 5.41 Å². The number of rotatable bonds is 4. The van der Waals surface area contributed by atoms with Gasteiger partial charge in [0, 0.05) is 12.1 Å². The second kappa shape index (κ2) is 6.27. The molecule has 0 aliphatic rings. The minimum absolute atomic E-state index is 0.240. The zero-order valence-electron chi connectivity index (χ0n) is 11.8. The largest absolute Gasteiger partial charge is 0.307 e. The second-order valence-electron chi connectivity index (χ2n) is 5.89. The summed E-state index contributed by atoms with van der Waals surface area (Å²) in [7, 11) is 0. The zero-order chi connectivity index (χ0) is 13.9. The first kappa shape index (κ1) is 15.8.